The van der Waals surface area contributed by atoms with Crippen molar-refractivity contribution >= 4 is 23.7 Å². The lowest BCUT2D eigenvalue weighted by atomic mass is 10.1. The standard InChI is InChI=1S/C21H25N3O7/c1-3-28-19-11-15(7-9-18-21(24(26)27)14(2)23-31-18)6-8-17(19)30-13-20(25)22-12-16-5-4-10-29-16/h6-9,11,16H,3-5,10,12-13H2,1-2H3,(H,22,25)/b9-7+/t16-/m1/s1. The first-order chi connectivity index (χ1) is 15.0. The molecule has 0 unspecified atom stereocenters. The summed E-state index contributed by atoms with van der Waals surface area (Å²) in [5, 5.41) is 17.6. The van der Waals surface area contributed by atoms with Gasteiger partial charge in [0.15, 0.2) is 23.8 Å². The Hall–Kier alpha value is -3.40. The Morgan fingerprint density at radius 1 is 1.35 bits per heavy atom. The van der Waals surface area contributed by atoms with E-state index in [1.165, 1.54) is 13.0 Å². The number of rotatable bonds is 10. The smallest absolute Gasteiger partial charge is 0.338 e. The van der Waals surface area contributed by atoms with Gasteiger partial charge in [-0.2, -0.15) is 0 Å². The van der Waals surface area contributed by atoms with Crippen LogP contribution in [0.15, 0.2) is 22.7 Å². The van der Waals surface area contributed by atoms with E-state index in [2.05, 4.69) is 10.5 Å². The molecule has 1 fully saturated rings. The molecular weight excluding hydrogens is 406 g/mol. The highest BCUT2D eigenvalue weighted by Gasteiger charge is 2.22. The van der Waals surface area contributed by atoms with Crippen molar-refractivity contribution in [1.82, 2.24) is 10.5 Å². The maximum Gasteiger partial charge on any atom is 0.338 e. The molecule has 0 bridgehead atoms. The minimum atomic E-state index is -0.530. The van der Waals surface area contributed by atoms with Crippen LogP contribution < -0.4 is 14.8 Å². The van der Waals surface area contributed by atoms with E-state index in [4.69, 9.17) is 18.7 Å². The summed E-state index contributed by atoms with van der Waals surface area (Å²) in [4.78, 5) is 22.7. The molecule has 1 aliphatic heterocycles. The number of amides is 1. The van der Waals surface area contributed by atoms with Gasteiger partial charge in [-0.3, -0.25) is 14.9 Å². The fraction of sp³-hybridized carbons (Fsp3) is 0.429. The van der Waals surface area contributed by atoms with Crippen molar-refractivity contribution in [2.75, 3.05) is 26.4 Å². The Morgan fingerprint density at radius 3 is 2.90 bits per heavy atom. The molecule has 1 saturated heterocycles. The highest BCUT2D eigenvalue weighted by molar-refractivity contribution is 5.77. The third-order valence-electron chi connectivity index (χ3n) is 4.64. The fourth-order valence-electron chi connectivity index (χ4n) is 3.13. The molecule has 0 aliphatic carbocycles. The van der Waals surface area contributed by atoms with E-state index < -0.39 is 4.92 Å². The van der Waals surface area contributed by atoms with Crippen LogP contribution in [0, 0.1) is 17.0 Å². The van der Waals surface area contributed by atoms with Crippen LogP contribution in [-0.4, -0.2) is 48.5 Å². The van der Waals surface area contributed by atoms with Gasteiger partial charge >= 0.3 is 5.69 Å². The van der Waals surface area contributed by atoms with Gasteiger partial charge in [-0.05, 0) is 50.5 Å². The molecule has 1 aliphatic rings. The second-order valence-electron chi connectivity index (χ2n) is 6.94. The third kappa shape index (κ3) is 6.05. The van der Waals surface area contributed by atoms with Crippen LogP contribution in [0.25, 0.3) is 12.2 Å². The van der Waals surface area contributed by atoms with Gasteiger partial charge in [-0.15, -0.1) is 0 Å². The van der Waals surface area contributed by atoms with Crippen molar-refractivity contribution in [3.8, 4) is 11.5 Å². The number of benzene rings is 1. The van der Waals surface area contributed by atoms with Gasteiger partial charge in [0.1, 0.15) is 0 Å². The molecule has 1 aromatic heterocycles. The maximum absolute atomic E-state index is 12.0. The van der Waals surface area contributed by atoms with E-state index >= 15 is 0 Å². The van der Waals surface area contributed by atoms with Crippen LogP contribution >= 0.6 is 0 Å². The topological polar surface area (TPSA) is 126 Å². The summed E-state index contributed by atoms with van der Waals surface area (Å²) in [5.41, 5.74) is 0.749. The van der Waals surface area contributed by atoms with Crippen molar-refractivity contribution in [2.24, 2.45) is 0 Å². The molecule has 1 N–H and O–H groups in total. The van der Waals surface area contributed by atoms with E-state index in [1.54, 1.807) is 24.3 Å². The lowest BCUT2D eigenvalue weighted by Gasteiger charge is -2.14. The summed E-state index contributed by atoms with van der Waals surface area (Å²) >= 11 is 0. The van der Waals surface area contributed by atoms with Crippen molar-refractivity contribution in [1.29, 1.82) is 0 Å². The number of carbonyl (C=O) groups excluding carboxylic acids is 1. The highest BCUT2D eigenvalue weighted by atomic mass is 16.6. The number of ether oxygens (including phenoxy) is 3. The van der Waals surface area contributed by atoms with Gasteiger partial charge in [0.2, 0.25) is 5.76 Å². The van der Waals surface area contributed by atoms with Crippen LogP contribution in [0.5, 0.6) is 11.5 Å². The Kier molecular flexibility index (Phi) is 7.60. The summed E-state index contributed by atoms with van der Waals surface area (Å²) in [6, 6.07) is 5.14. The van der Waals surface area contributed by atoms with Gasteiger partial charge in [-0.1, -0.05) is 17.3 Å². The quantitative estimate of drug-likeness (QED) is 0.449. The minimum absolute atomic E-state index is 0.0590. The molecule has 10 nitrogen and oxygen atoms in total. The van der Waals surface area contributed by atoms with E-state index in [0.717, 1.165) is 19.4 Å². The number of aromatic nitrogens is 1. The predicted octanol–water partition coefficient (Wildman–Crippen LogP) is 3.13. The number of hydrogen-bond donors (Lipinski definition) is 1. The molecule has 0 spiro atoms. The number of nitrogens with one attached hydrogen (secondary N) is 1. The average molecular weight is 431 g/mol. The van der Waals surface area contributed by atoms with Crippen LogP contribution in [0.3, 0.4) is 0 Å². The van der Waals surface area contributed by atoms with Gasteiger partial charge in [0.25, 0.3) is 5.91 Å². The second-order valence-corrected chi connectivity index (χ2v) is 6.94. The molecule has 2 aromatic rings. The van der Waals surface area contributed by atoms with Crippen LogP contribution in [-0.2, 0) is 9.53 Å². The summed E-state index contributed by atoms with van der Waals surface area (Å²) in [6.45, 7) is 4.81. The third-order valence-corrected chi connectivity index (χ3v) is 4.64. The Bertz CT molecular complexity index is 948. The zero-order chi connectivity index (χ0) is 22.2. The first kappa shape index (κ1) is 22.3. The first-order valence-corrected chi connectivity index (χ1v) is 10.0. The number of nitro groups is 1. The van der Waals surface area contributed by atoms with Crippen LogP contribution in [0.4, 0.5) is 5.69 Å². The molecule has 10 heteroatoms. The molecular formula is C21H25N3O7. The molecule has 1 aromatic carbocycles. The van der Waals surface area contributed by atoms with Crippen LogP contribution in [0.1, 0.15) is 36.8 Å². The van der Waals surface area contributed by atoms with Gasteiger partial charge < -0.3 is 24.1 Å². The molecule has 0 radical (unpaired) electrons. The van der Waals surface area contributed by atoms with E-state index in [9.17, 15) is 14.9 Å². The van der Waals surface area contributed by atoms with Gasteiger partial charge in [-0.25, -0.2) is 0 Å². The van der Waals surface area contributed by atoms with E-state index in [0.29, 0.717) is 30.2 Å². The predicted molar refractivity (Wildman–Crippen MR) is 112 cm³/mol. The SMILES string of the molecule is CCOc1cc(/C=C/c2onc(C)c2[N+](=O)[O-])ccc1OCC(=O)NC[C@H]1CCCO1. The summed E-state index contributed by atoms with van der Waals surface area (Å²) in [5.74, 6) is 0.700. The van der Waals surface area contributed by atoms with Crippen molar-refractivity contribution in [3.05, 3.63) is 45.3 Å². The first-order valence-electron chi connectivity index (χ1n) is 10.0. The van der Waals surface area contributed by atoms with Crippen molar-refractivity contribution in [2.45, 2.75) is 32.8 Å². The molecule has 2 heterocycles. The Morgan fingerprint density at radius 2 is 2.19 bits per heavy atom. The maximum atomic E-state index is 12.0. The number of hydrogen-bond acceptors (Lipinski definition) is 8. The van der Waals surface area contributed by atoms with Crippen molar-refractivity contribution in [3.63, 3.8) is 0 Å². The molecule has 1 amide bonds. The normalized spacial score (nSPS) is 15.9. The lowest BCUT2D eigenvalue weighted by molar-refractivity contribution is -0.386. The van der Waals surface area contributed by atoms with E-state index in [-0.39, 0.29) is 35.8 Å². The molecule has 1 atom stereocenters. The summed E-state index contributed by atoms with van der Waals surface area (Å²) in [6.07, 6.45) is 5.15. The van der Waals surface area contributed by atoms with Gasteiger partial charge in [0, 0.05) is 13.2 Å². The summed E-state index contributed by atoms with van der Waals surface area (Å²) < 4.78 is 21.7. The Balaban J connectivity index is 1.63. The highest BCUT2D eigenvalue weighted by Crippen LogP contribution is 2.30. The molecule has 166 valence electrons. The molecule has 3 rings (SSSR count). The van der Waals surface area contributed by atoms with Crippen LogP contribution in [0.2, 0.25) is 0 Å². The largest absolute Gasteiger partial charge is 0.490 e. The second kappa shape index (κ2) is 10.6. The number of nitrogens with zero attached hydrogens (tertiary/aromatic N) is 2. The average Bonchev–Trinajstić information content (AvgIpc) is 3.39. The minimum Gasteiger partial charge on any atom is -0.490 e. The zero-order valence-corrected chi connectivity index (χ0v) is 17.5. The molecule has 0 saturated carbocycles. The fourth-order valence-corrected chi connectivity index (χ4v) is 3.13. The van der Waals surface area contributed by atoms with Crippen molar-refractivity contribution < 1.29 is 28.5 Å². The Labute approximate surface area is 179 Å². The number of carbonyl (C=O) groups is 1. The van der Waals surface area contributed by atoms with Gasteiger partial charge in [0.05, 0.1) is 17.6 Å². The van der Waals surface area contributed by atoms with E-state index in [1.807, 2.05) is 6.92 Å². The zero-order valence-electron chi connectivity index (χ0n) is 17.5. The monoisotopic (exact) mass is 431 g/mol. The molecule has 31 heavy (non-hydrogen) atoms. The number of aryl methyl sites for hydroxylation is 1. The summed E-state index contributed by atoms with van der Waals surface area (Å²) in [7, 11) is 0. The lowest BCUT2D eigenvalue weighted by Crippen LogP contribution is -2.35.